The summed E-state index contributed by atoms with van der Waals surface area (Å²) in [7, 11) is 0. The van der Waals surface area contributed by atoms with Crippen molar-refractivity contribution in [3.05, 3.63) is 23.9 Å². The van der Waals surface area contributed by atoms with E-state index in [0.717, 1.165) is 16.5 Å². The summed E-state index contributed by atoms with van der Waals surface area (Å²) in [6, 6.07) is 3.54. The minimum absolute atomic E-state index is 0.274. The van der Waals surface area contributed by atoms with Crippen LogP contribution in [0.2, 0.25) is 0 Å². The molecule has 2 rings (SSSR count). The molecule has 6 heteroatoms. The van der Waals surface area contributed by atoms with Gasteiger partial charge in [0.2, 0.25) is 5.91 Å². The lowest BCUT2D eigenvalue weighted by molar-refractivity contribution is -0.147. The van der Waals surface area contributed by atoms with Crippen LogP contribution in [0.1, 0.15) is 19.4 Å². The Balaban J connectivity index is 2.27. The van der Waals surface area contributed by atoms with E-state index in [2.05, 4.69) is 15.5 Å². The number of carboxylic acid groups (broad SMARTS) is 1. The zero-order chi connectivity index (χ0) is 14.9. The molecule has 0 radical (unpaired) electrons. The third-order valence-corrected chi connectivity index (χ3v) is 3.25. The normalized spacial score (nSPS) is 12.6. The minimum atomic E-state index is -1.11. The van der Waals surface area contributed by atoms with Gasteiger partial charge in [-0.2, -0.15) is 5.10 Å². The lowest BCUT2D eigenvalue weighted by Crippen LogP contribution is -2.33. The third kappa shape index (κ3) is 2.64. The summed E-state index contributed by atoms with van der Waals surface area (Å²) in [4.78, 5) is 23.2. The number of carboxylic acids is 1. The number of anilines is 1. The van der Waals surface area contributed by atoms with Crippen molar-refractivity contribution in [1.29, 1.82) is 0 Å². The molecule has 0 bridgehead atoms. The molecule has 0 spiro atoms. The first kappa shape index (κ1) is 14.0. The summed E-state index contributed by atoms with van der Waals surface area (Å²) in [6.07, 6.45) is 1.71. The van der Waals surface area contributed by atoms with Crippen molar-refractivity contribution in [1.82, 2.24) is 10.2 Å². The number of nitrogens with one attached hydrogen (secondary N) is 2. The molecule has 1 aromatic carbocycles. The van der Waals surface area contributed by atoms with Gasteiger partial charge in [0.15, 0.2) is 0 Å². The zero-order valence-corrected chi connectivity index (χ0v) is 11.6. The monoisotopic (exact) mass is 275 g/mol. The van der Waals surface area contributed by atoms with E-state index in [4.69, 9.17) is 5.11 Å². The molecule has 1 aromatic heterocycles. The van der Waals surface area contributed by atoms with E-state index in [9.17, 15) is 9.59 Å². The van der Waals surface area contributed by atoms with Gasteiger partial charge in [0.25, 0.3) is 0 Å². The van der Waals surface area contributed by atoms with Crippen molar-refractivity contribution >= 4 is 28.5 Å². The van der Waals surface area contributed by atoms with Gasteiger partial charge in [-0.3, -0.25) is 14.7 Å². The molecule has 3 N–H and O–H groups in total. The number of hydrogen-bond donors (Lipinski definition) is 3. The summed E-state index contributed by atoms with van der Waals surface area (Å²) < 4.78 is 0. The number of fused-ring (bicyclic) bond motifs is 1. The Labute approximate surface area is 116 Å². The molecule has 0 aliphatic rings. The fourth-order valence-electron chi connectivity index (χ4n) is 2.22. The number of aliphatic carboxylic acids is 1. The first-order valence-corrected chi connectivity index (χ1v) is 6.37. The summed E-state index contributed by atoms with van der Waals surface area (Å²) >= 11 is 0. The van der Waals surface area contributed by atoms with Crippen LogP contribution in [-0.2, 0) is 9.59 Å². The number of nitrogens with zero attached hydrogens (tertiary/aromatic N) is 1. The second-order valence-corrected chi connectivity index (χ2v) is 5.17. The molecule has 20 heavy (non-hydrogen) atoms. The number of benzene rings is 1. The molecule has 0 saturated heterocycles. The fourth-order valence-corrected chi connectivity index (χ4v) is 2.22. The largest absolute Gasteiger partial charge is 0.481 e. The van der Waals surface area contributed by atoms with Crippen LogP contribution in [-0.4, -0.2) is 27.2 Å². The minimum Gasteiger partial charge on any atom is -0.481 e. The van der Waals surface area contributed by atoms with Gasteiger partial charge in [-0.25, -0.2) is 0 Å². The molecule has 106 valence electrons. The number of aryl methyl sites for hydroxylation is 1. The quantitative estimate of drug-likeness (QED) is 0.745. The van der Waals surface area contributed by atoms with Gasteiger partial charge in [-0.05, 0) is 30.5 Å². The fraction of sp³-hybridized carbons (Fsp3) is 0.357. The standard InChI is InChI=1S/C14H17N3O3/c1-7(2)12(14(19)20)13(18)16-9-4-8(3)10-6-15-17-11(10)5-9/h4-7,12H,1-3H3,(H,15,17)(H,16,18)(H,19,20). The second kappa shape index (κ2) is 5.32. The van der Waals surface area contributed by atoms with Crippen molar-refractivity contribution in [3.63, 3.8) is 0 Å². The molecule has 2 aromatic rings. The van der Waals surface area contributed by atoms with Crippen molar-refractivity contribution in [2.45, 2.75) is 20.8 Å². The van der Waals surface area contributed by atoms with Crippen molar-refractivity contribution in [3.8, 4) is 0 Å². The van der Waals surface area contributed by atoms with Crippen LogP contribution in [0.5, 0.6) is 0 Å². The van der Waals surface area contributed by atoms with E-state index < -0.39 is 17.8 Å². The number of rotatable bonds is 4. The van der Waals surface area contributed by atoms with Gasteiger partial charge in [-0.15, -0.1) is 0 Å². The third-order valence-electron chi connectivity index (χ3n) is 3.25. The predicted molar refractivity (Wildman–Crippen MR) is 75.4 cm³/mol. The Morgan fingerprint density at radius 3 is 2.65 bits per heavy atom. The SMILES string of the molecule is Cc1cc(NC(=O)C(C(=O)O)C(C)C)cc2[nH]ncc12. The van der Waals surface area contributed by atoms with Gasteiger partial charge in [0.1, 0.15) is 5.92 Å². The molecule has 1 amide bonds. The average molecular weight is 275 g/mol. The predicted octanol–water partition coefficient (Wildman–Crippen LogP) is 2.17. The summed E-state index contributed by atoms with van der Waals surface area (Å²) in [5.74, 6) is -2.96. The second-order valence-electron chi connectivity index (χ2n) is 5.17. The van der Waals surface area contributed by atoms with Crippen LogP contribution in [0, 0.1) is 18.8 Å². The number of carbonyl (C=O) groups excluding carboxylic acids is 1. The molecule has 1 heterocycles. The molecule has 0 aliphatic heterocycles. The number of amides is 1. The van der Waals surface area contributed by atoms with E-state index >= 15 is 0 Å². The summed E-state index contributed by atoms with van der Waals surface area (Å²) in [5.41, 5.74) is 2.33. The van der Waals surface area contributed by atoms with Crippen molar-refractivity contribution < 1.29 is 14.7 Å². The topological polar surface area (TPSA) is 95.1 Å². The van der Waals surface area contributed by atoms with Crippen LogP contribution in [0.3, 0.4) is 0 Å². The number of carbonyl (C=O) groups is 2. The number of aromatic nitrogens is 2. The Morgan fingerprint density at radius 2 is 2.05 bits per heavy atom. The number of H-pyrrole nitrogens is 1. The molecule has 1 unspecified atom stereocenters. The molecule has 1 atom stereocenters. The van der Waals surface area contributed by atoms with Crippen LogP contribution in [0.15, 0.2) is 18.3 Å². The van der Waals surface area contributed by atoms with Crippen LogP contribution < -0.4 is 5.32 Å². The Kier molecular flexibility index (Phi) is 3.74. The van der Waals surface area contributed by atoms with E-state index in [1.807, 2.05) is 6.92 Å². The van der Waals surface area contributed by atoms with Gasteiger partial charge < -0.3 is 10.4 Å². The maximum atomic E-state index is 12.1. The lowest BCUT2D eigenvalue weighted by Gasteiger charge is -2.16. The van der Waals surface area contributed by atoms with Crippen LogP contribution in [0.4, 0.5) is 5.69 Å². The first-order valence-electron chi connectivity index (χ1n) is 6.37. The van der Waals surface area contributed by atoms with E-state index in [0.29, 0.717) is 5.69 Å². The van der Waals surface area contributed by atoms with Gasteiger partial charge >= 0.3 is 5.97 Å². The Hall–Kier alpha value is -2.37. The van der Waals surface area contributed by atoms with Crippen molar-refractivity contribution in [2.75, 3.05) is 5.32 Å². The first-order chi connectivity index (χ1) is 9.40. The highest BCUT2D eigenvalue weighted by molar-refractivity contribution is 6.05. The Morgan fingerprint density at radius 1 is 1.35 bits per heavy atom. The maximum Gasteiger partial charge on any atom is 0.316 e. The molecule has 0 aliphatic carbocycles. The molecule has 6 nitrogen and oxygen atoms in total. The number of aromatic amines is 1. The van der Waals surface area contributed by atoms with Crippen molar-refractivity contribution in [2.24, 2.45) is 11.8 Å². The summed E-state index contributed by atoms with van der Waals surface area (Å²) in [6.45, 7) is 5.33. The van der Waals surface area contributed by atoms with E-state index in [1.165, 1.54) is 0 Å². The zero-order valence-electron chi connectivity index (χ0n) is 11.6. The average Bonchev–Trinajstić information content (AvgIpc) is 2.75. The molecular formula is C14H17N3O3. The molecular weight excluding hydrogens is 258 g/mol. The highest BCUT2D eigenvalue weighted by atomic mass is 16.4. The summed E-state index contributed by atoms with van der Waals surface area (Å²) in [5, 5.41) is 19.5. The van der Waals surface area contributed by atoms with Gasteiger partial charge in [0, 0.05) is 11.1 Å². The van der Waals surface area contributed by atoms with Crippen LogP contribution >= 0.6 is 0 Å². The number of hydrogen-bond acceptors (Lipinski definition) is 3. The Bertz CT molecular complexity index is 661. The van der Waals surface area contributed by atoms with Gasteiger partial charge in [-0.1, -0.05) is 13.8 Å². The van der Waals surface area contributed by atoms with E-state index in [1.54, 1.807) is 32.2 Å². The highest BCUT2D eigenvalue weighted by Crippen LogP contribution is 2.22. The molecule has 0 saturated carbocycles. The highest BCUT2D eigenvalue weighted by Gasteiger charge is 2.29. The lowest BCUT2D eigenvalue weighted by atomic mass is 9.95. The maximum absolute atomic E-state index is 12.1. The molecule has 0 fully saturated rings. The van der Waals surface area contributed by atoms with Gasteiger partial charge in [0.05, 0.1) is 11.7 Å². The smallest absolute Gasteiger partial charge is 0.316 e. The van der Waals surface area contributed by atoms with Crippen LogP contribution in [0.25, 0.3) is 10.9 Å². The van der Waals surface area contributed by atoms with E-state index in [-0.39, 0.29) is 5.92 Å².